The zero-order chi connectivity index (χ0) is 16.0. The summed E-state index contributed by atoms with van der Waals surface area (Å²) in [5.41, 5.74) is 1.01. The molecule has 110 valence electrons. The maximum Gasteiger partial charge on any atom is 0.242 e. The van der Waals surface area contributed by atoms with Crippen LogP contribution in [0.4, 0.5) is 5.69 Å². The highest BCUT2D eigenvalue weighted by Crippen LogP contribution is 2.16. The molecule has 0 saturated carbocycles. The van der Waals surface area contributed by atoms with E-state index < -0.39 is 6.04 Å². The number of anilines is 1. The van der Waals surface area contributed by atoms with Crippen LogP contribution in [0, 0.1) is 22.7 Å². The number of nitrogens with zero attached hydrogens (tertiary/aromatic N) is 2. The molecule has 0 bridgehead atoms. The van der Waals surface area contributed by atoms with Gasteiger partial charge in [-0.25, -0.2) is 0 Å². The van der Waals surface area contributed by atoms with Crippen LogP contribution in [0.25, 0.3) is 0 Å². The van der Waals surface area contributed by atoms with E-state index in [0.29, 0.717) is 16.8 Å². The van der Waals surface area contributed by atoms with Crippen molar-refractivity contribution in [2.24, 2.45) is 0 Å². The predicted molar refractivity (Wildman–Crippen MR) is 81.5 cm³/mol. The fourth-order valence-corrected chi connectivity index (χ4v) is 1.67. The van der Waals surface area contributed by atoms with Gasteiger partial charge in [-0.15, -0.1) is 0 Å². The normalized spacial score (nSPS) is 11.9. The van der Waals surface area contributed by atoms with E-state index in [-0.39, 0.29) is 11.4 Å². The Morgan fingerprint density at radius 3 is 2.43 bits per heavy atom. The minimum Gasteiger partial charge on any atom is -0.374 e. The topological polar surface area (TPSA) is 88.7 Å². The van der Waals surface area contributed by atoms with Gasteiger partial charge in [0, 0.05) is 11.2 Å². The summed E-state index contributed by atoms with van der Waals surface area (Å²) in [6.45, 7) is 7.70. The van der Waals surface area contributed by atoms with Crippen LogP contribution in [0.5, 0.6) is 0 Å². The van der Waals surface area contributed by atoms with E-state index >= 15 is 0 Å². The lowest BCUT2D eigenvalue weighted by Crippen LogP contribution is -2.48. The summed E-state index contributed by atoms with van der Waals surface area (Å²) in [7, 11) is 0. The second-order valence-corrected chi connectivity index (χ2v) is 5.58. The number of carbonyl (C=O) groups is 1. The Bertz CT molecular complexity index is 608. The highest BCUT2D eigenvalue weighted by Gasteiger charge is 2.21. The minimum atomic E-state index is -0.435. The number of carbonyl (C=O) groups excluding carboxylic acids is 1. The number of nitriles is 2. The summed E-state index contributed by atoms with van der Waals surface area (Å²) in [6.07, 6.45) is 0.834. The number of hydrogen-bond donors (Lipinski definition) is 2. The van der Waals surface area contributed by atoms with E-state index in [2.05, 4.69) is 10.6 Å². The molecule has 5 nitrogen and oxygen atoms in total. The predicted octanol–water partition coefficient (Wildman–Crippen LogP) is 2.54. The van der Waals surface area contributed by atoms with Crippen LogP contribution in [0.2, 0.25) is 0 Å². The van der Waals surface area contributed by atoms with Crippen molar-refractivity contribution in [2.45, 2.75) is 45.7 Å². The monoisotopic (exact) mass is 284 g/mol. The van der Waals surface area contributed by atoms with Gasteiger partial charge in [0.05, 0.1) is 11.1 Å². The van der Waals surface area contributed by atoms with E-state index in [1.54, 1.807) is 25.1 Å². The van der Waals surface area contributed by atoms with Crippen LogP contribution >= 0.6 is 0 Å². The molecular weight excluding hydrogens is 264 g/mol. The molecule has 0 aliphatic rings. The summed E-state index contributed by atoms with van der Waals surface area (Å²) in [5.74, 6) is -0.107. The van der Waals surface area contributed by atoms with Crippen molar-refractivity contribution in [1.82, 2.24) is 5.32 Å². The summed E-state index contributed by atoms with van der Waals surface area (Å²) in [4.78, 5) is 12.1. The largest absolute Gasteiger partial charge is 0.374 e. The first-order chi connectivity index (χ1) is 9.82. The molecule has 0 fully saturated rings. The van der Waals surface area contributed by atoms with Gasteiger partial charge in [0.2, 0.25) is 5.91 Å². The third-order valence-corrected chi connectivity index (χ3v) is 3.38. The standard InChI is InChI=1S/C16H20N4O/c1-5-16(3,4)20-15(21)11(2)19-14-7-6-12(9-17)13(8-14)10-18/h6-8,11,19H,5H2,1-4H3,(H,20,21). The van der Waals surface area contributed by atoms with Gasteiger partial charge in [0.25, 0.3) is 0 Å². The van der Waals surface area contributed by atoms with Gasteiger partial charge in [-0.2, -0.15) is 10.5 Å². The molecule has 1 rings (SSSR count). The van der Waals surface area contributed by atoms with Gasteiger partial charge in [-0.3, -0.25) is 4.79 Å². The molecule has 21 heavy (non-hydrogen) atoms. The molecule has 2 N–H and O–H groups in total. The highest BCUT2D eigenvalue weighted by atomic mass is 16.2. The lowest BCUT2D eigenvalue weighted by atomic mass is 10.0. The number of nitrogens with one attached hydrogen (secondary N) is 2. The first kappa shape index (κ1) is 16.5. The minimum absolute atomic E-state index is 0.107. The van der Waals surface area contributed by atoms with Gasteiger partial charge in [0.1, 0.15) is 18.2 Å². The Morgan fingerprint density at radius 2 is 1.90 bits per heavy atom. The average Bonchev–Trinajstić information content (AvgIpc) is 2.46. The molecule has 0 spiro atoms. The Labute approximate surface area is 125 Å². The van der Waals surface area contributed by atoms with E-state index in [9.17, 15) is 4.79 Å². The van der Waals surface area contributed by atoms with Crippen LogP contribution < -0.4 is 10.6 Å². The third-order valence-electron chi connectivity index (χ3n) is 3.38. The molecule has 0 saturated heterocycles. The van der Waals surface area contributed by atoms with Gasteiger partial charge < -0.3 is 10.6 Å². The molecule has 1 amide bonds. The lowest BCUT2D eigenvalue weighted by molar-refractivity contribution is -0.123. The maximum absolute atomic E-state index is 12.1. The Hall–Kier alpha value is -2.53. The number of rotatable bonds is 5. The third kappa shape index (κ3) is 4.50. The molecule has 0 radical (unpaired) electrons. The maximum atomic E-state index is 12.1. The van der Waals surface area contributed by atoms with Crippen LogP contribution in [0.15, 0.2) is 18.2 Å². The number of amides is 1. The quantitative estimate of drug-likeness (QED) is 0.869. The second kappa shape index (κ2) is 6.76. The average molecular weight is 284 g/mol. The van der Waals surface area contributed by atoms with Crippen molar-refractivity contribution in [3.8, 4) is 12.1 Å². The van der Waals surface area contributed by atoms with Crippen molar-refractivity contribution in [1.29, 1.82) is 10.5 Å². The second-order valence-electron chi connectivity index (χ2n) is 5.58. The van der Waals surface area contributed by atoms with Gasteiger partial charge in [-0.05, 0) is 45.4 Å². The van der Waals surface area contributed by atoms with Crippen molar-refractivity contribution < 1.29 is 4.79 Å². The summed E-state index contributed by atoms with van der Waals surface area (Å²) >= 11 is 0. The lowest BCUT2D eigenvalue weighted by Gasteiger charge is -2.27. The molecule has 1 aromatic rings. The fraction of sp³-hybridized carbons (Fsp3) is 0.438. The van der Waals surface area contributed by atoms with Crippen molar-refractivity contribution in [3.05, 3.63) is 29.3 Å². The van der Waals surface area contributed by atoms with Crippen molar-refractivity contribution in [3.63, 3.8) is 0 Å². The molecule has 5 heteroatoms. The van der Waals surface area contributed by atoms with Crippen LogP contribution in [-0.4, -0.2) is 17.5 Å². The molecule has 1 atom stereocenters. The molecule has 0 aromatic heterocycles. The Kier molecular flexibility index (Phi) is 5.32. The number of hydrogen-bond acceptors (Lipinski definition) is 4. The molecule has 0 aliphatic heterocycles. The first-order valence-electron chi connectivity index (χ1n) is 6.85. The van der Waals surface area contributed by atoms with Crippen molar-refractivity contribution in [2.75, 3.05) is 5.32 Å². The SMILES string of the molecule is CCC(C)(C)NC(=O)C(C)Nc1ccc(C#N)c(C#N)c1. The van der Waals surface area contributed by atoms with Crippen LogP contribution in [-0.2, 0) is 4.79 Å². The Balaban J connectivity index is 2.80. The van der Waals surface area contributed by atoms with E-state index in [4.69, 9.17) is 10.5 Å². The van der Waals surface area contributed by atoms with Gasteiger partial charge in [0.15, 0.2) is 0 Å². The summed E-state index contributed by atoms with van der Waals surface area (Å²) in [6, 6.07) is 8.33. The molecule has 1 aromatic carbocycles. The summed E-state index contributed by atoms with van der Waals surface area (Å²) < 4.78 is 0. The fourth-order valence-electron chi connectivity index (χ4n) is 1.67. The van der Waals surface area contributed by atoms with Gasteiger partial charge >= 0.3 is 0 Å². The Morgan fingerprint density at radius 1 is 1.29 bits per heavy atom. The van der Waals surface area contributed by atoms with E-state index in [1.165, 1.54) is 0 Å². The smallest absolute Gasteiger partial charge is 0.242 e. The zero-order valence-corrected chi connectivity index (χ0v) is 12.8. The first-order valence-corrected chi connectivity index (χ1v) is 6.85. The molecular formula is C16H20N4O. The molecule has 0 heterocycles. The van der Waals surface area contributed by atoms with E-state index in [1.807, 2.05) is 32.9 Å². The zero-order valence-electron chi connectivity index (χ0n) is 12.8. The van der Waals surface area contributed by atoms with Crippen molar-refractivity contribution >= 4 is 11.6 Å². The summed E-state index contributed by atoms with van der Waals surface area (Å²) in [5, 5.41) is 23.9. The highest BCUT2D eigenvalue weighted by molar-refractivity contribution is 5.84. The van der Waals surface area contributed by atoms with Gasteiger partial charge in [-0.1, -0.05) is 6.92 Å². The van der Waals surface area contributed by atoms with Crippen LogP contribution in [0.1, 0.15) is 45.2 Å². The van der Waals surface area contributed by atoms with E-state index in [0.717, 1.165) is 6.42 Å². The van der Waals surface area contributed by atoms with Crippen LogP contribution in [0.3, 0.4) is 0 Å². The molecule has 0 aliphatic carbocycles. The molecule has 1 unspecified atom stereocenters. The number of benzene rings is 1.